The van der Waals surface area contributed by atoms with Gasteiger partial charge < -0.3 is 15.7 Å². The Morgan fingerprint density at radius 1 is 1.44 bits per heavy atom. The normalized spacial score (nSPS) is 10.1. The van der Waals surface area contributed by atoms with E-state index in [1.165, 1.54) is 6.07 Å². The molecule has 6 heteroatoms. The molecule has 1 rings (SSSR count). The summed E-state index contributed by atoms with van der Waals surface area (Å²) in [7, 11) is 0. The van der Waals surface area contributed by atoms with Gasteiger partial charge in [-0.15, -0.1) is 0 Å². The van der Waals surface area contributed by atoms with Crippen molar-refractivity contribution < 1.29 is 19.1 Å². The molecule has 0 aliphatic carbocycles. The van der Waals surface area contributed by atoms with E-state index >= 15 is 0 Å². The van der Waals surface area contributed by atoms with Gasteiger partial charge in [0.15, 0.2) is 0 Å². The number of rotatable bonds is 5. The molecule has 0 aliphatic heterocycles. The number of nitrogen functional groups attached to an aromatic ring is 1. The Balaban J connectivity index is 3.01. The molecule has 0 bridgehead atoms. The number of nitrogens with zero attached hydrogens (tertiary/aromatic N) is 1. The van der Waals surface area contributed by atoms with Gasteiger partial charge in [0.2, 0.25) is 0 Å². The molecule has 0 unspecified atom stereocenters. The summed E-state index contributed by atoms with van der Waals surface area (Å²) in [5.41, 5.74) is 5.72. The number of carboxylic acid groups (broad SMARTS) is 1. The lowest BCUT2D eigenvalue weighted by molar-refractivity contribution is -0.137. The lowest BCUT2D eigenvalue weighted by atomic mass is 10.1. The van der Waals surface area contributed by atoms with E-state index < -0.39 is 24.2 Å². The van der Waals surface area contributed by atoms with Crippen LogP contribution in [0.3, 0.4) is 0 Å². The molecule has 0 saturated heterocycles. The van der Waals surface area contributed by atoms with E-state index in [2.05, 4.69) is 0 Å². The fourth-order valence-electron chi connectivity index (χ4n) is 1.57. The lowest BCUT2D eigenvalue weighted by Crippen LogP contribution is -2.36. The maximum atomic E-state index is 13.1. The average molecular weight is 254 g/mol. The Hall–Kier alpha value is -2.11. The van der Waals surface area contributed by atoms with Gasteiger partial charge in [-0.1, -0.05) is 6.92 Å². The summed E-state index contributed by atoms with van der Waals surface area (Å²) in [6, 6.07) is 3.45. The fourth-order valence-corrected chi connectivity index (χ4v) is 1.57. The number of halogens is 1. The topological polar surface area (TPSA) is 83.6 Å². The van der Waals surface area contributed by atoms with E-state index in [0.29, 0.717) is 6.42 Å². The molecular formula is C12H15FN2O3. The van der Waals surface area contributed by atoms with Crippen molar-refractivity contribution in [3.8, 4) is 0 Å². The van der Waals surface area contributed by atoms with Crippen LogP contribution in [0.2, 0.25) is 0 Å². The number of amides is 1. The summed E-state index contributed by atoms with van der Waals surface area (Å²) < 4.78 is 13.1. The number of nitrogens with two attached hydrogens (primary N) is 1. The summed E-state index contributed by atoms with van der Waals surface area (Å²) in [6.45, 7) is 1.67. The summed E-state index contributed by atoms with van der Waals surface area (Å²) in [6.07, 6.45) is 0.605. The first-order chi connectivity index (χ1) is 8.45. The Morgan fingerprint density at radius 2 is 2.11 bits per heavy atom. The molecule has 1 amide bonds. The molecule has 0 aliphatic rings. The molecule has 98 valence electrons. The maximum Gasteiger partial charge on any atom is 0.323 e. The molecule has 0 heterocycles. The van der Waals surface area contributed by atoms with Crippen LogP contribution in [0.4, 0.5) is 10.1 Å². The van der Waals surface area contributed by atoms with Crippen LogP contribution in [0.25, 0.3) is 0 Å². The van der Waals surface area contributed by atoms with Gasteiger partial charge in [0, 0.05) is 12.2 Å². The van der Waals surface area contributed by atoms with E-state index in [0.717, 1.165) is 17.0 Å². The Bertz CT molecular complexity index is 463. The van der Waals surface area contributed by atoms with Gasteiger partial charge in [-0.05, 0) is 24.6 Å². The molecule has 1 aromatic carbocycles. The minimum Gasteiger partial charge on any atom is -0.480 e. The van der Waals surface area contributed by atoms with Crippen molar-refractivity contribution in [2.75, 3.05) is 18.8 Å². The molecule has 0 aromatic heterocycles. The van der Waals surface area contributed by atoms with E-state index in [4.69, 9.17) is 10.8 Å². The van der Waals surface area contributed by atoms with Gasteiger partial charge in [0.1, 0.15) is 12.4 Å². The van der Waals surface area contributed by atoms with Crippen molar-refractivity contribution in [2.45, 2.75) is 13.3 Å². The lowest BCUT2D eigenvalue weighted by Gasteiger charge is -2.20. The molecule has 0 saturated carbocycles. The molecule has 5 nitrogen and oxygen atoms in total. The molecule has 0 spiro atoms. The third kappa shape index (κ3) is 3.44. The highest BCUT2D eigenvalue weighted by atomic mass is 19.1. The summed E-state index contributed by atoms with van der Waals surface area (Å²) in [4.78, 5) is 23.9. The minimum absolute atomic E-state index is 0.00954. The third-order valence-corrected chi connectivity index (χ3v) is 2.35. The molecule has 0 radical (unpaired) electrons. The van der Waals surface area contributed by atoms with Crippen molar-refractivity contribution >= 4 is 17.6 Å². The van der Waals surface area contributed by atoms with Gasteiger partial charge in [-0.3, -0.25) is 9.59 Å². The van der Waals surface area contributed by atoms with E-state index in [1.54, 1.807) is 0 Å². The number of carbonyl (C=O) groups is 2. The van der Waals surface area contributed by atoms with Gasteiger partial charge >= 0.3 is 5.97 Å². The predicted molar refractivity (Wildman–Crippen MR) is 64.6 cm³/mol. The second-order valence-electron chi connectivity index (χ2n) is 3.85. The molecule has 0 atom stereocenters. The van der Waals surface area contributed by atoms with Crippen LogP contribution >= 0.6 is 0 Å². The first kappa shape index (κ1) is 14.0. The van der Waals surface area contributed by atoms with E-state index in [1.807, 2.05) is 6.92 Å². The van der Waals surface area contributed by atoms with Crippen molar-refractivity contribution in [3.63, 3.8) is 0 Å². The zero-order valence-corrected chi connectivity index (χ0v) is 10.0. The number of carbonyl (C=O) groups excluding carboxylic acids is 1. The monoisotopic (exact) mass is 254 g/mol. The first-order valence-electron chi connectivity index (χ1n) is 5.51. The van der Waals surface area contributed by atoms with Crippen LogP contribution in [-0.4, -0.2) is 35.0 Å². The zero-order valence-electron chi connectivity index (χ0n) is 10.0. The molecule has 0 fully saturated rings. The van der Waals surface area contributed by atoms with Gasteiger partial charge in [0.25, 0.3) is 5.91 Å². The number of hydrogen-bond donors (Lipinski definition) is 2. The second kappa shape index (κ2) is 6.00. The summed E-state index contributed by atoms with van der Waals surface area (Å²) in [5, 5.41) is 8.73. The Kier molecular flexibility index (Phi) is 4.65. The van der Waals surface area contributed by atoms with Crippen LogP contribution < -0.4 is 5.73 Å². The van der Waals surface area contributed by atoms with Crippen LogP contribution in [0.5, 0.6) is 0 Å². The SMILES string of the molecule is CCCN(CC(=O)O)C(=O)c1cc(F)ccc1N. The molecule has 18 heavy (non-hydrogen) atoms. The highest BCUT2D eigenvalue weighted by Gasteiger charge is 2.20. The van der Waals surface area contributed by atoms with E-state index in [-0.39, 0.29) is 17.8 Å². The van der Waals surface area contributed by atoms with Crippen LogP contribution in [0.15, 0.2) is 18.2 Å². The number of anilines is 1. The third-order valence-electron chi connectivity index (χ3n) is 2.35. The number of hydrogen-bond acceptors (Lipinski definition) is 3. The van der Waals surface area contributed by atoms with Crippen LogP contribution in [0.1, 0.15) is 23.7 Å². The number of aliphatic carboxylic acids is 1. The fraction of sp³-hybridized carbons (Fsp3) is 0.333. The van der Waals surface area contributed by atoms with Crippen molar-refractivity contribution in [1.82, 2.24) is 4.90 Å². The highest BCUT2D eigenvalue weighted by molar-refractivity contribution is 6.00. The smallest absolute Gasteiger partial charge is 0.323 e. The van der Waals surface area contributed by atoms with Crippen LogP contribution in [-0.2, 0) is 4.79 Å². The largest absolute Gasteiger partial charge is 0.480 e. The quantitative estimate of drug-likeness (QED) is 0.777. The zero-order chi connectivity index (χ0) is 13.7. The van der Waals surface area contributed by atoms with Gasteiger partial charge in [0.05, 0.1) is 5.56 Å². The van der Waals surface area contributed by atoms with Crippen LogP contribution in [0, 0.1) is 5.82 Å². The number of carboxylic acids is 1. The highest BCUT2D eigenvalue weighted by Crippen LogP contribution is 2.16. The summed E-state index contributed by atoms with van der Waals surface area (Å²) in [5.74, 6) is -2.28. The van der Waals surface area contributed by atoms with Gasteiger partial charge in [-0.2, -0.15) is 0 Å². The summed E-state index contributed by atoms with van der Waals surface area (Å²) >= 11 is 0. The molecule has 1 aromatic rings. The van der Waals surface area contributed by atoms with Gasteiger partial charge in [-0.25, -0.2) is 4.39 Å². The average Bonchev–Trinajstić information content (AvgIpc) is 2.30. The standard InChI is InChI=1S/C12H15FN2O3/c1-2-5-15(7-11(16)17)12(18)9-6-8(13)3-4-10(9)14/h3-4,6H,2,5,7,14H2,1H3,(H,16,17). The maximum absolute atomic E-state index is 13.1. The molecular weight excluding hydrogens is 239 g/mol. The number of benzene rings is 1. The van der Waals surface area contributed by atoms with E-state index in [9.17, 15) is 14.0 Å². The van der Waals surface area contributed by atoms with Crippen molar-refractivity contribution in [3.05, 3.63) is 29.6 Å². The predicted octanol–water partition coefficient (Wildman–Crippen LogP) is 1.34. The minimum atomic E-state index is -1.12. The van der Waals surface area contributed by atoms with Crippen molar-refractivity contribution in [1.29, 1.82) is 0 Å². The Labute approximate surface area is 104 Å². The molecule has 3 N–H and O–H groups in total. The second-order valence-corrected chi connectivity index (χ2v) is 3.85. The van der Waals surface area contributed by atoms with Crippen molar-refractivity contribution in [2.24, 2.45) is 0 Å². The first-order valence-corrected chi connectivity index (χ1v) is 5.51. The Morgan fingerprint density at radius 3 is 2.67 bits per heavy atom.